The molecule has 162 valence electrons. The molecule has 0 fully saturated rings. The van der Waals surface area contributed by atoms with Gasteiger partial charge in [0, 0.05) is 22.3 Å². The molecule has 0 saturated heterocycles. The zero-order valence-corrected chi connectivity index (χ0v) is 17.9. The summed E-state index contributed by atoms with van der Waals surface area (Å²) in [5.74, 6) is 1.41. The molecule has 0 aliphatic heterocycles. The topological polar surface area (TPSA) is 139 Å². The van der Waals surface area contributed by atoms with Gasteiger partial charge >= 0.3 is 11.6 Å². The van der Waals surface area contributed by atoms with E-state index < -0.39 is 10.2 Å². The molecule has 0 aliphatic rings. The normalized spacial score (nSPS) is 11.4. The standard InChI is InChI=1S/C22H18N5.ClHO4/c1-15-13-16(2)26-21(23-15)25-27-20(18-11-7-4-8-12-18)14-19(24-22(26)27)17-9-5-3-6-10-17;2-1(3,4)5/h3-14H,1-2H3;(H,2,3,4,5)/q+1;/p-1. The molecule has 3 aromatic heterocycles. The van der Waals surface area contributed by atoms with Gasteiger partial charge in [-0.3, -0.25) is 0 Å². The van der Waals surface area contributed by atoms with Gasteiger partial charge in [0.2, 0.25) is 0 Å². The van der Waals surface area contributed by atoms with Gasteiger partial charge in [-0.1, -0.05) is 65.2 Å². The van der Waals surface area contributed by atoms with Gasteiger partial charge in [-0.15, -0.1) is 20.2 Å². The van der Waals surface area contributed by atoms with E-state index in [1.807, 2.05) is 58.3 Å². The quantitative estimate of drug-likeness (QED) is 0.315. The number of halogens is 1. The molecule has 0 atom stereocenters. The number of aryl methyl sites for hydroxylation is 2. The molecule has 0 N–H and O–H groups in total. The number of benzene rings is 2. The zero-order chi connectivity index (χ0) is 22.9. The van der Waals surface area contributed by atoms with E-state index >= 15 is 0 Å². The lowest BCUT2D eigenvalue weighted by Crippen LogP contribution is -2.68. The van der Waals surface area contributed by atoms with Crippen LogP contribution in [-0.2, 0) is 0 Å². The molecule has 0 saturated carbocycles. The molecule has 32 heavy (non-hydrogen) atoms. The molecule has 3 heterocycles. The van der Waals surface area contributed by atoms with Crippen LogP contribution in [0.1, 0.15) is 11.4 Å². The predicted octanol–water partition coefficient (Wildman–Crippen LogP) is -0.942. The highest BCUT2D eigenvalue weighted by Gasteiger charge is 2.23. The second kappa shape index (κ2) is 8.58. The summed E-state index contributed by atoms with van der Waals surface area (Å²) >= 11 is 0. The first kappa shape index (κ1) is 21.8. The van der Waals surface area contributed by atoms with E-state index in [1.165, 1.54) is 0 Å². The summed E-state index contributed by atoms with van der Waals surface area (Å²) in [7, 11) is -4.94. The monoisotopic (exact) mass is 451 g/mol. The largest absolute Gasteiger partial charge is 0.389 e. The van der Waals surface area contributed by atoms with Gasteiger partial charge < -0.3 is 0 Å². The summed E-state index contributed by atoms with van der Waals surface area (Å²) in [4.78, 5) is 9.54. The molecule has 9 nitrogen and oxygen atoms in total. The van der Waals surface area contributed by atoms with Crippen molar-refractivity contribution >= 4 is 11.6 Å². The third-order valence-electron chi connectivity index (χ3n) is 4.69. The molecule has 5 rings (SSSR count). The van der Waals surface area contributed by atoms with Crippen LogP contribution >= 0.6 is 0 Å². The highest BCUT2D eigenvalue weighted by atomic mass is 35.7. The molecule has 10 heteroatoms. The first-order chi connectivity index (χ1) is 15.2. The van der Waals surface area contributed by atoms with Crippen LogP contribution in [0.4, 0.5) is 0 Å². The predicted molar refractivity (Wildman–Crippen MR) is 104 cm³/mol. The highest BCUT2D eigenvalue weighted by Crippen LogP contribution is 2.25. The Labute approximate surface area is 185 Å². The molecule has 0 aliphatic carbocycles. The van der Waals surface area contributed by atoms with E-state index in [9.17, 15) is 0 Å². The fourth-order valence-corrected chi connectivity index (χ4v) is 3.47. The van der Waals surface area contributed by atoms with Crippen molar-refractivity contribution in [3.8, 4) is 22.5 Å². The second-order valence-corrected chi connectivity index (χ2v) is 7.78. The van der Waals surface area contributed by atoms with E-state index in [1.54, 1.807) is 0 Å². The van der Waals surface area contributed by atoms with Crippen LogP contribution in [0, 0.1) is 24.1 Å². The SMILES string of the molecule is Cc1cc(C)[n+]2c(n1)nn1c(-c3ccccc3)cc(-c3ccccc3)nc12.[O-][Cl+3]([O-])([O-])[O-]. The van der Waals surface area contributed by atoms with Crippen LogP contribution in [0.5, 0.6) is 0 Å². The Morgan fingerprint density at radius 2 is 1.34 bits per heavy atom. The first-order valence-corrected chi connectivity index (χ1v) is 10.8. The Morgan fingerprint density at radius 1 is 0.781 bits per heavy atom. The minimum absolute atomic E-state index is 0.655. The molecule has 2 aromatic carbocycles. The van der Waals surface area contributed by atoms with Gasteiger partial charge in [0.05, 0.1) is 11.4 Å². The summed E-state index contributed by atoms with van der Waals surface area (Å²) in [5.41, 5.74) is 6.07. The van der Waals surface area contributed by atoms with Crippen LogP contribution in [-0.4, -0.2) is 19.6 Å². The lowest BCUT2D eigenvalue weighted by Gasteiger charge is -2.17. The van der Waals surface area contributed by atoms with Crippen LogP contribution in [0.3, 0.4) is 0 Å². The average molecular weight is 452 g/mol. The first-order valence-electron chi connectivity index (χ1n) is 9.53. The van der Waals surface area contributed by atoms with Gasteiger partial charge in [-0.05, 0) is 19.9 Å². The highest BCUT2D eigenvalue weighted by molar-refractivity contribution is 5.70. The van der Waals surface area contributed by atoms with Crippen molar-refractivity contribution in [1.29, 1.82) is 0 Å². The lowest BCUT2D eigenvalue weighted by atomic mass is 10.1. The van der Waals surface area contributed by atoms with Crippen molar-refractivity contribution in [3.05, 3.63) is 84.2 Å². The minimum atomic E-state index is -4.94. The Bertz CT molecular complexity index is 1380. The Morgan fingerprint density at radius 3 is 1.94 bits per heavy atom. The number of rotatable bonds is 2. The summed E-state index contributed by atoms with van der Waals surface area (Å²) in [6.45, 7) is 4.04. The van der Waals surface area contributed by atoms with Crippen molar-refractivity contribution < 1.29 is 33.3 Å². The zero-order valence-electron chi connectivity index (χ0n) is 17.2. The average Bonchev–Trinajstić information content (AvgIpc) is 3.11. The Hall–Kier alpha value is -3.47. The van der Waals surface area contributed by atoms with Crippen molar-refractivity contribution in [2.24, 2.45) is 0 Å². The van der Waals surface area contributed by atoms with Crippen molar-refractivity contribution in [3.63, 3.8) is 0 Å². The number of nitrogens with zero attached hydrogens (tertiary/aromatic N) is 5. The molecule has 0 radical (unpaired) electrons. The molecule has 0 unspecified atom stereocenters. The maximum Gasteiger partial charge on any atom is 0.389 e. The van der Waals surface area contributed by atoms with Crippen LogP contribution < -0.4 is 23.0 Å². The van der Waals surface area contributed by atoms with E-state index in [0.717, 1.165) is 39.7 Å². The fraction of sp³-hybridized carbons (Fsp3) is 0.0909. The molecule has 0 spiro atoms. The van der Waals surface area contributed by atoms with Gasteiger partial charge in [0.25, 0.3) is 0 Å². The van der Waals surface area contributed by atoms with Gasteiger partial charge in [-0.25, -0.2) is 18.6 Å². The number of aromatic nitrogens is 5. The summed E-state index contributed by atoms with van der Waals surface area (Å²) in [5, 5.41) is 4.75. The number of fused-ring (bicyclic) bond motifs is 3. The Balaban J connectivity index is 0.000000444. The van der Waals surface area contributed by atoms with Gasteiger partial charge in [0.1, 0.15) is 11.4 Å². The van der Waals surface area contributed by atoms with E-state index in [-0.39, 0.29) is 0 Å². The summed E-state index contributed by atoms with van der Waals surface area (Å²) in [6, 6.07) is 24.6. The van der Waals surface area contributed by atoms with E-state index in [4.69, 9.17) is 28.7 Å². The minimum Gasteiger partial charge on any atom is -0.222 e. The van der Waals surface area contributed by atoms with E-state index in [0.29, 0.717) is 5.78 Å². The van der Waals surface area contributed by atoms with Crippen molar-refractivity contribution in [2.75, 3.05) is 0 Å². The van der Waals surface area contributed by atoms with Crippen LogP contribution in [0.2, 0.25) is 0 Å². The number of hydrogen-bond acceptors (Lipinski definition) is 7. The maximum atomic E-state index is 8.49. The van der Waals surface area contributed by atoms with Crippen LogP contribution in [0.15, 0.2) is 72.8 Å². The van der Waals surface area contributed by atoms with Crippen molar-refractivity contribution in [2.45, 2.75) is 13.8 Å². The smallest absolute Gasteiger partial charge is 0.222 e. The van der Waals surface area contributed by atoms with Gasteiger partial charge in [0.15, 0.2) is 0 Å². The molecule has 0 amide bonds. The molecule has 5 aromatic rings. The summed E-state index contributed by atoms with van der Waals surface area (Å²) < 4.78 is 37.9. The second-order valence-electron chi connectivity index (χ2n) is 7.02. The molecule has 0 bridgehead atoms. The fourth-order valence-electron chi connectivity index (χ4n) is 3.47. The van der Waals surface area contributed by atoms with Crippen LogP contribution in [0.25, 0.3) is 34.1 Å². The Kier molecular flexibility index (Phi) is 5.83. The number of hydrogen-bond donors (Lipinski definition) is 0. The maximum absolute atomic E-state index is 8.49. The third kappa shape index (κ3) is 4.72. The summed E-state index contributed by atoms with van der Waals surface area (Å²) in [6.07, 6.45) is 0. The lowest BCUT2D eigenvalue weighted by molar-refractivity contribution is -2.00. The molecular formula is C22H18ClN5O4. The van der Waals surface area contributed by atoms with Crippen molar-refractivity contribution in [1.82, 2.24) is 19.6 Å². The molecular weight excluding hydrogens is 434 g/mol. The van der Waals surface area contributed by atoms with Gasteiger partial charge in [-0.2, -0.15) is 4.40 Å². The third-order valence-corrected chi connectivity index (χ3v) is 4.69. The van der Waals surface area contributed by atoms with E-state index in [2.05, 4.69) is 42.2 Å².